The van der Waals surface area contributed by atoms with E-state index in [1.54, 1.807) is 25.5 Å². The quantitative estimate of drug-likeness (QED) is 0.776. The summed E-state index contributed by atoms with van der Waals surface area (Å²) in [5.74, 6) is 0. The molecule has 2 aromatic rings. The number of nitrogens with one attached hydrogen (secondary N) is 1. The van der Waals surface area contributed by atoms with Crippen LogP contribution in [0.5, 0.6) is 0 Å². The lowest BCUT2D eigenvalue weighted by Crippen LogP contribution is -2.39. The molecule has 0 atom stereocenters. The van der Waals surface area contributed by atoms with Crippen molar-refractivity contribution < 1.29 is 0 Å². The van der Waals surface area contributed by atoms with E-state index in [1.807, 2.05) is 0 Å². The van der Waals surface area contributed by atoms with E-state index < -0.39 is 0 Å². The minimum Gasteiger partial charge on any atom is -0.307 e. The Morgan fingerprint density at radius 2 is 2.05 bits per heavy atom. The molecule has 2 rings (SSSR count). The van der Waals surface area contributed by atoms with Crippen molar-refractivity contribution in [3.63, 3.8) is 0 Å². The van der Waals surface area contributed by atoms with Gasteiger partial charge in [-0.1, -0.05) is 0 Å². The van der Waals surface area contributed by atoms with Crippen LogP contribution in [0.15, 0.2) is 34.4 Å². The molecule has 0 saturated heterocycles. The molecule has 0 amide bonds. The van der Waals surface area contributed by atoms with Crippen LogP contribution in [0, 0.1) is 0 Å². The Bertz CT molecular complexity index is 675. The van der Waals surface area contributed by atoms with Crippen LogP contribution in [0.2, 0.25) is 0 Å². The largest absolute Gasteiger partial charge is 0.330 e. The Hall–Kier alpha value is -2.28. The highest BCUT2D eigenvalue weighted by Crippen LogP contribution is 1.92. The molecule has 7 heteroatoms. The van der Waals surface area contributed by atoms with E-state index in [-0.39, 0.29) is 11.2 Å². The van der Waals surface area contributed by atoms with Crippen molar-refractivity contribution in [2.24, 2.45) is 14.1 Å². The number of nitrogens with zero attached hydrogens (tertiary/aromatic N) is 4. The first kappa shape index (κ1) is 13.2. The van der Waals surface area contributed by atoms with Gasteiger partial charge in [-0.25, -0.2) is 14.8 Å². The smallest absolute Gasteiger partial charge is 0.307 e. The van der Waals surface area contributed by atoms with E-state index in [2.05, 4.69) is 15.3 Å². The van der Waals surface area contributed by atoms with E-state index in [1.165, 1.54) is 17.9 Å². The topological polar surface area (TPSA) is 81.8 Å². The average molecular weight is 261 g/mol. The van der Waals surface area contributed by atoms with Crippen molar-refractivity contribution in [3.8, 4) is 0 Å². The second-order valence-corrected chi connectivity index (χ2v) is 4.22. The lowest BCUT2D eigenvalue weighted by atomic mass is 10.3. The van der Waals surface area contributed by atoms with Crippen LogP contribution in [0.4, 0.5) is 0 Å². The van der Waals surface area contributed by atoms with Gasteiger partial charge in [0.15, 0.2) is 0 Å². The highest BCUT2D eigenvalue weighted by molar-refractivity contribution is 5.06. The molecule has 0 unspecified atom stereocenters. The van der Waals surface area contributed by atoms with E-state index in [9.17, 15) is 9.59 Å². The summed E-state index contributed by atoms with van der Waals surface area (Å²) < 4.78 is 2.49. The molecule has 7 nitrogen and oxygen atoms in total. The van der Waals surface area contributed by atoms with Gasteiger partial charge in [-0.15, -0.1) is 0 Å². The van der Waals surface area contributed by atoms with Gasteiger partial charge in [-0.2, -0.15) is 0 Å². The minimum absolute atomic E-state index is 0.279. The van der Waals surface area contributed by atoms with Crippen LogP contribution in [-0.2, 0) is 27.2 Å². The maximum Gasteiger partial charge on any atom is 0.330 e. The molecule has 2 aromatic heterocycles. The maximum absolute atomic E-state index is 11.9. The predicted octanol–water partition coefficient (Wildman–Crippen LogP) is -0.836. The van der Waals surface area contributed by atoms with Crippen molar-refractivity contribution in [1.82, 2.24) is 24.4 Å². The molecule has 0 saturated carbocycles. The number of aromatic nitrogens is 4. The lowest BCUT2D eigenvalue weighted by Gasteiger charge is -2.07. The van der Waals surface area contributed by atoms with Crippen LogP contribution in [0.25, 0.3) is 0 Å². The fourth-order valence-electron chi connectivity index (χ4n) is 1.75. The first-order valence-electron chi connectivity index (χ1n) is 5.80. The highest BCUT2D eigenvalue weighted by Gasteiger charge is 2.06. The molecule has 19 heavy (non-hydrogen) atoms. The minimum atomic E-state index is -0.329. The van der Waals surface area contributed by atoms with Crippen LogP contribution in [-0.4, -0.2) is 19.1 Å². The summed E-state index contributed by atoms with van der Waals surface area (Å²) in [5.41, 5.74) is 0.776. The summed E-state index contributed by atoms with van der Waals surface area (Å²) >= 11 is 0. The summed E-state index contributed by atoms with van der Waals surface area (Å²) in [7, 11) is 3.09. The summed E-state index contributed by atoms with van der Waals surface area (Å²) in [6.07, 6.45) is 4.69. The van der Waals surface area contributed by atoms with Gasteiger partial charge in [0.1, 0.15) is 6.33 Å². The van der Waals surface area contributed by atoms with E-state index in [0.29, 0.717) is 18.7 Å². The van der Waals surface area contributed by atoms with E-state index >= 15 is 0 Å². The van der Waals surface area contributed by atoms with Crippen LogP contribution in [0.3, 0.4) is 0 Å². The zero-order chi connectivity index (χ0) is 13.8. The second-order valence-electron chi connectivity index (χ2n) is 4.22. The van der Waals surface area contributed by atoms with Gasteiger partial charge in [-0.05, 0) is 6.07 Å². The van der Waals surface area contributed by atoms with Crippen molar-refractivity contribution in [3.05, 3.63) is 56.9 Å². The number of rotatable bonds is 4. The highest BCUT2D eigenvalue weighted by atomic mass is 16.2. The van der Waals surface area contributed by atoms with Gasteiger partial charge in [0.05, 0.1) is 5.69 Å². The Labute approximate surface area is 109 Å². The number of hydrogen-bond donors (Lipinski definition) is 1. The lowest BCUT2D eigenvalue weighted by molar-refractivity contribution is 0.625. The molecule has 0 aliphatic rings. The molecule has 1 N–H and O–H groups in total. The SMILES string of the molecule is Cn1cc(CNCc2ccncn2)c(=O)n(C)c1=O. The van der Waals surface area contributed by atoms with Crippen LogP contribution < -0.4 is 16.6 Å². The summed E-state index contributed by atoms with van der Waals surface area (Å²) in [5, 5.41) is 3.11. The van der Waals surface area contributed by atoms with Gasteiger partial charge in [0.2, 0.25) is 0 Å². The first-order valence-corrected chi connectivity index (χ1v) is 5.80. The van der Waals surface area contributed by atoms with Crippen LogP contribution >= 0.6 is 0 Å². The van der Waals surface area contributed by atoms with Gasteiger partial charge >= 0.3 is 5.69 Å². The standard InChI is InChI=1S/C12H15N5O2/c1-16-7-9(11(18)17(2)12(16)19)5-14-6-10-3-4-13-8-15-10/h3-4,7-8,14H,5-6H2,1-2H3. The molecule has 0 spiro atoms. The van der Waals surface area contributed by atoms with Gasteiger partial charge in [0.25, 0.3) is 5.56 Å². The third kappa shape index (κ3) is 2.94. The molecular weight excluding hydrogens is 246 g/mol. The summed E-state index contributed by atoms with van der Waals surface area (Å²) in [6.45, 7) is 0.916. The molecule has 0 bridgehead atoms. The zero-order valence-electron chi connectivity index (χ0n) is 10.8. The molecule has 100 valence electrons. The summed E-state index contributed by atoms with van der Waals surface area (Å²) in [6, 6.07) is 1.80. The molecule has 0 aliphatic heterocycles. The zero-order valence-corrected chi connectivity index (χ0v) is 10.8. The van der Waals surface area contributed by atoms with Crippen LogP contribution in [0.1, 0.15) is 11.3 Å². The predicted molar refractivity (Wildman–Crippen MR) is 69.5 cm³/mol. The Balaban J connectivity index is 2.09. The third-order valence-corrected chi connectivity index (χ3v) is 2.78. The molecule has 0 aliphatic carbocycles. The Morgan fingerprint density at radius 1 is 1.26 bits per heavy atom. The molecule has 0 aromatic carbocycles. The second kappa shape index (κ2) is 5.57. The van der Waals surface area contributed by atoms with Gasteiger partial charge < -0.3 is 9.88 Å². The maximum atomic E-state index is 11.9. The van der Waals surface area contributed by atoms with Gasteiger partial charge in [0, 0.05) is 45.1 Å². The molecule has 0 fully saturated rings. The Kier molecular flexibility index (Phi) is 3.86. The van der Waals surface area contributed by atoms with Crippen molar-refractivity contribution in [2.45, 2.75) is 13.1 Å². The third-order valence-electron chi connectivity index (χ3n) is 2.78. The van der Waals surface area contributed by atoms with Crippen molar-refractivity contribution in [2.75, 3.05) is 0 Å². The van der Waals surface area contributed by atoms with E-state index in [0.717, 1.165) is 10.3 Å². The van der Waals surface area contributed by atoms with E-state index in [4.69, 9.17) is 0 Å². The first-order chi connectivity index (χ1) is 9.09. The Morgan fingerprint density at radius 3 is 2.74 bits per heavy atom. The van der Waals surface area contributed by atoms with Gasteiger partial charge in [-0.3, -0.25) is 9.36 Å². The summed E-state index contributed by atoms with van der Waals surface area (Å²) in [4.78, 5) is 31.3. The molecular formula is C12H15N5O2. The monoisotopic (exact) mass is 261 g/mol. The number of aryl methyl sites for hydroxylation is 1. The average Bonchev–Trinajstić information content (AvgIpc) is 2.43. The number of hydrogen-bond acceptors (Lipinski definition) is 5. The fourth-order valence-corrected chi connectivity index (χ4v) is 1.75. The normalized spacial score (nSPS) is 10.6. The molecule has 2 heterocycles. The van der Waals surface area contributed by atoms with Crippen molar-refractivity contribution >= 4 is 0 Å². The fraction of sp³-hybridized carbons (Fsp3) is 0.333. The molecule has 0 radical (unpaired) electrons. The van der Waals surface area contributed by atoms with Crippen molar-refractivity contribution in [1.29, 1.82) is 0 Å².